The largest absolute Gasteiger partial charge is 0.491 e. The maximum atomic E-state index is 11.5. The van der Waals surface area contributed by atoms with E-state index in [1.807, 2.05) is 26.0 Å². The second-order valence-electron chi connectivity index (χ2n) is 4.65. The van der Waals surface area contributed by atoms with E-state index in [0.29, 0.717) is 30.4 Å². The lowest BCUT2D eigenvalue weighted by Gasteiger charge is -2.13. The zero-order chi connectivity index (χ0) is 15.4. The zero-order valence-electron chi connectivity index (χ0n) is 12.3. The number of nitrogens with two attached hydrogens (primary N) is 1. The molecule has 2 atom stereocenters. The van der Waals surface area contributed by atoms with Gasteiger partial charge in [0.1, 0.15) is 0 Å². The molecule has 0 fully saturated rings. The van der Waals surface area contributed by atoms with Gasteiger partial charge in [-0.05, 0) is 36.4 Å². The highest BCUT2D eigenvalue weighted by molar-refractivity contribution is 7.84. The Balaban J connectivity index is 2.42. The molecule has 0 aliphatic heterocycles. The van der Waals surface area contributed by atoms with E-state index in [-0.39, 0.29) is 5.25 Å². The van der Waals surface area contributed by atoms with Gasteiger partial charge in [-0.25, -0.2) is 4.68 Å². The molecule has 0 aliphatic carbocycles. The third-order valence-electron chi connectivity index (χ3n) is 3.10. The van der Waals surface area contributed by atoms with Gasteiger partial charge in [0.15, 0.2) is 11.6 Å². The van der Waals surface area contributed by atoms with Crippen LogP contribution < -0.4 is 10.5 Å². The summed E-state index contributed by atoms with van der Waals surface area (Å²) in [5, 5.41) is 11.7. The fourth-order valence-electron chi connectivity index (χ4n) is 1.91. The van der Waals surface area contributed by atoms with Crippen molar-refractivity contribution in [2.75, 3.05) is 18.6 Å². The first-order chi connectivity index (χ1) is 10.0. The predicted molar refractivity (Wildman–Crippen MR) is 82.4 cm³/mol. The van der Waals surface area contributed by atoms with Crippen molar-refractivity contribution in [2.24, 2.45) is 0 Å². The number of hydrogen-bond acceptors (Lipinski definition) is 6. The first-order valence-corrected chi connectivity index (χ1v) is 8.26. The molecule has 0 radical (unpaired) electrons. The summed E-state index contributed by atoms with van der Waals surface area (Å²) in [7, 11) is -0.945. The summed E-state index contributed by atoms with van der Waals surface area (Å²) >= 11 is 0. The van der Waals surface area contributed by atoms with Crippen LogP contribution in [0.25, 0.3) is 11.4 Å². The van der Waals surface area contributed by atoms with E-state index >= 15 is 0 Å². The van der Waals surface area contributed by atoms with E-state index < -0.39 is 10.8 Å². The van der Waals surface area contributed by atoms with E-state index in [2.05, 4.69) is 15.5 Å². The fourth-order valence-corrected chi connectivity index (χ4v) is 2.26. The van der Waals surface area contributed by atoms with Crippen LogP contribution in [0, 0.1) is 0 Å². The Morgan fingerprint density at radius 3 is 2.90 bits per heavy atom. The minimum absolute atomic E-state index is 0.0520. The van der Waals surface area contributed by atoms with Crippen molar-refractivity contribution in [3.8, 4) is 17.1 Å². The highest BCUT2D eigenvalue weighted by atomic mass is 32.2. The Morgan fingerprint density at radius 1 is 1.48 bits per heavy atom. The molecule has 8 heteroatoms. The molecule has 2 rings (SSSR count). The number of para-hydroxylation sites is 1. The van der Waals surface area contributed by atoms with Gasteiger partial charge >= 0.3 is 0 Å². The lowest BCUT2D eigenvalue weighted by molar-refractivity contribution is 0.343. The number of rotatable bonds is 6. The van der Waals surface area contributed by atoms with Crippen LogP contribution in [0.15, 0.2) is 18.2 Å². The van der Waals surface area contributed by atoms with Crippen LogP contribution in [0.4, 0.5) is 5.69 Å². The van der Waals surface area contributed by atoms with Gasteiger partial charge in [0, 0.05) is 17.1 Å². The lowest BCUT2D eigenvalue weighted by atomic mass is 10.1. The molecule has 1 aromatic heterocycles. The molecule has 2 unspecified atom stereocenters. The van der Waals surface area contributed by atoms with Crippen molar-refractivity contribution in [3.05, 3.63) is 18.2 Å². The molecule has 21 heavy (non-hydrogen) atoms. The Morgan fingerprint density at radius 2 is 2.24 bits per heavy atom. The van der Waals surface area contributed by atoms with Gasteiger partial charge < -0.3 is 10.5 Å². The van der Waals surface area contributed by atoms with E-state index in [1.165, 1.54) is 0 Å². The third-order valence-corrected chi connectivity index (χ3v) is 4.39. The summed E-state index contributed by atoms with van der Waals surface area (Å²) in [5.74, 6) is 1.13. The second-order valence-corrected chi connectivity index (χ2v) is 6.45. The first kappa shape index (κ1) is 15.4. The highest BCUT2D eigenvalue weighted by Crippen LogP contribution is 2.33. The number of tetrazole rings is 1. The Labute approximate surface area is 125 Å². The van der Waals surface area contributed by atoms with Gasteiger partial charge in [-0.1, -0.05) is 6.07 Å². The molecule has 0 amide bonds. The van der Waals surface area contributed by atoms with Crippen LogP contribution in [-0.4, -0.2) is 42.5 Å². The van der Waals surface area contributed by atoms with Crippen molar-refractivity contribution < 1.29 is 8.95 Å². The molecule has 1 aromatic carbocycles. The number of anilines is 1. The molecule has 2 aromatic rings. The van der Waals surface area contributed by atoms with Crippen LogP contribution in [0.2, 0.25) is 0 Å². The van der Waals surface area contributed by atoms with Gasteiger partial charge in [0.25, 0.3) is 0 Å². The standard InChI is InChI=1S/C13H19N5O2S/c1-4-20-12-10(6-5-7-11(12)14)13-15-16-17-18(13)8-9(2)21(3)19/h5-7,9H,4,8,14H2,1-3H3. The molecule has 0 saturated heterocycles. The highest BCUT2D eigenvalue weighted by Gasteiger charge is 2.18. The minimum atomic E-state index is -0.945. The third kappa shape index (κ3) is 3.38. The number of benzene rings is 1. The smallest absolute Gasteiger partial charge is 0.185 e. The summed E-state index contributed by atoms with van der Waals surface area (Å²) in [6.07, 6.45) is 1.67. The maximum absolute atomic E-state index is 11.5. The summed E-state index contributed by atoms with van der Waals surface area (Å²) in [6.45, 7) is 4.75. The number of nitrogen functional groups attached to an aromatic ring is 1. The zero-order valence-corrected chi connectivity index (χ0v) is 13.1. The van der Waals surface area contributed by atoms with E-state index in [9.17, 15) is 4.21 Å². The van der Waals surface area contributed by atoms with Crippen molar-refractivity contribution in [1.29, 1.82) is 0 Å². The van der Waals surface area contributed by atoms with Gasteiger partial charge in [-0.2, -0.15) is 0 Å². The Kier molecular flexibility index (Phi) is 4.89. The molecule has 7 nitrogen and oxygen atoms in total. The number of aromatic nitrogens is 4. The maximum Gasteiger partial charge on any atom is 0.185 e. The monoisotopic (exact) mass is 309 g/mol. The van der Waals surface area contributed by atoms with E-state index in [4.69, 9.17) is 10.5 Å². The average molecular weight is 309 g/mol. The van der Waals surface area contributed by atoms with Crippen LogP contribution in [0.5, 0.6) is 5.75 Å². The number of ether oxygens (including phenoxy) is 1. The summed E-state index contributed by atoms with van der Waals surface area (Å²) in [5.41, 5.74) is 7.23. The van der Waals surface area contributed by atoms with Crippen molar-refractivity contribution >= 4 is 16.5 Å². The minimum Gasteiger partial charge on any atom is -0.491 e. The quantitative estimate of drug-likeness (QED) is 0.802. The number of nitrogens with zero attached hydrogens (tertiary/aromatic N) is 4. The normalized spacial score (nSPS) is 13.9. The summed E-state index contributed by atoms with van der Waals surface area (Å²) in [4.78, 5) is 0. The van der Waals surface area contributed by atoms with Crippen molar-refractivity contribution in [3.63, 3.8) is 0 Å². The van der Waals surface area contributed by atoms with Gasteiger partial charge in [-0.15, -0.1) is 5.10 Å². The van der Waals surface area contributed by atoms with Crippen LogP contribution in [0.1, 0.15) is 13.8 Å². The van der Waals surface area contributed by atoms with Crippen LogP contribution in [0.3, 0.4) is 0 Å². The Hall–Kier alpha value is -1.96. The van der Waals surface area contributed by atoms with Gasteiger partial charge in [0.05, 0.1) is 29.7 Å². The summed E-state index contributed by atoms with van der Waals surface area (Å²) in [6, 6.07) is 5.46. The Bertz CT molecular complexity index is 643. The molecule has 0 aliphatic rings. The SMILES string of the molecule is CCOc1c(N)cccc1-c1nnnn1CC(C)S(C)=O. The molecule has 114 valence electrons. The molecular formula is C13H19N5O2S. The van der Waals surface area contributed by atoms with Crippen molar-refractivity contribution in [1.82, 2.24) is 20.2 Å². The number of hydrogen-bond donors (Lipinski definition) is 1. The molecule has 2 N–H and O–H groups in total. The topological polar surface area (TPSA) is 95.9 Å². The van der Waals surface area contributed by atoms with Gasteiger partial charge in [0.2, 0.25) is 0 Å². The summed E-state index contributed by atoms with van der Waals surface area (Å²) < 4.78 is 18.8. The molecule has 0 spiro atoms. The predicted octanol–water partition coefficient (Wildman–Crippen LogP) is 1.09. The molecule has 1 heterocycles. The van der Waals surface area contributed by atoms with Crippen LogP contribution in [-0.2, 0) is 17.3 Å². The van der Waals surface area contributed by atoms with Crippen molar-refractivity contribution in [2.45, 2.75) is 25.6 Å². The van der Waals surface area contributed by atoms with Crippen LogP contribution >= 0.6 is 0 Å². The van der Waals surface area contributed by atoms with E-state index in [1.54, 1.807) is 17.0 Å². The average Bonchev–Trinajstić information content (AvgIpc) is 2.89. The van der Waals surface area contributed by atoms with E-state index in [0.717, 1.165) is 5.56 Å². The molecule has 0 bridgehead atoms. The first-order valence-electron chi connectivity index (χ1n) is 6.64. The van der Waals surface area contributed by atoms with Gasteiger partial charge in [-0.3, -0.25) is 4.21 Å². The molecule has 0 saturated carbocycles. The lowest BCUT2D eigenvalue weighted by Crippen LogP contribution is -2.19. The molecular weight excluding hydrogens is 290 g/mol. The fraction of sp³-hybridized carbons (Fsp3) is 0.462. The second kappa shape index (κ2) is 6.66.